The van der Waals surface area contributed by atoms with Crippen molar-refractivity contribution in [1.29, 1.82) is 0 Å². The monoisotopic (exact) mass is 373 g/mol. The lowest BCUT2D eigenvalue weighted by molar-refractivity contribution is -0.111. The van der Waals surface area contributed by atoms with Crippen LogP contribution in [-0.2, 0) is 4.79 Å². The second-order valence-electron chi connectivity index (χ2n) is 7.13. The van der Waals surface area contributed by atoms with E-state index < -0.39 is 0 Å². The zero-order valence-electron chi connectivity index (χ0n) is 15.8. The van der Waals surface area contributed by atoms with Crippen LogP contribution in [0.15, 0.2) is 103 Å². The summed E-state index contributed by atoms with van der Waals surface area (Å²) in [6.07, 6.45) is 4.13. The van der Waals surface area contributed by atoms with Gasteiger partial charge < -0.3 is 5.32 Å². The Morgan fingerprint density at radius 2 is 1.38 bits per heavy atom. The highest BCUT2D eigenvalue weighted by atomic mass is 16.1. The van der Waals surface area contributed by atoms with E-state index in [0.717, 1.165) is 28.0 Å². The van der Waals surface area contributed by atoms with Crippen molar-refractivity contribution in [3.8, 4) is 0 Å². The molecule has 1 aliphatic carbocycles. The molecule has 0 spiro atoms. The quantitative estimate of drug-likeness (QED) is 0.441. The average Bonchev–Trinajstić information content (AvgIpc) is 3.13. The summed E-state index contributed by atoms with van der Waals surface area (Å²) in [5, 5.41) is 5.43. The van der Waals surface area contributed by atoms with Crippen LogP contribution < -0.4 is 5.32 Å². The number of fused-ring (bicyclic) bond motifs is 2. The summed E-state index contributed by atoms with van der Waals surface area (Å²) in [6.45, 7) is 0. The summed E-state index contributed by atoms with van der Waals surface area (Å²) in [5.74, 6) is -0.0921. The van der Waals surface area contributed by atoms with Crippen molar-refractivity contribution in [2.45, 2.75) is 0 Å². The van der Waals surface area contributed by atoms with Gasteiger partial charge in [0.2, 0.25) is 0 Å². The van der Waals surface area contributed by atoms with E-state index in [-0.39, 0.29) is 5.91 Å². The fourth-order valence-electron chi connectivity index (χ4n) is 3.79. The average molecular weight is 373 g/mol. The number of amides is 1. The van der Waals surface area contributed by atoms with Gasteiger partial charge in [-0.05, 0) is 63.4 Å². The summed E-state index contributed by atoms with van der Waals surface area (Å²) in [5.41, 5.74) is 5.70. The van der Waals surface area contributed by atoms with Gasteiger partial charge in [0.1, 0.15) is 0 Å². The number of rotatable bonds is 3. The van der Waals surface area contributed by atoms with E-state index in [1.165, 1.54) is 10.8 Å². The second-order valence-corrected chi connectivity index (χ2v) is 7.13. The molecule has 5 rings (SSSR count). The van der Waals surface area contributed by atoms with Crippen molar-refractivity contribution >= 4 is 39.6 Å². The fraction of sp³-hybridized carbons (Fsp3) is 0. The number of para-hydroxylation sites is 1. The fourth-order valence-corrected chi connectivity index (χ4v) is 3.79. The first-order valence-corrected chi connectivity index (χ1v) is 9.66. The minimum Gasteiger partial charge on any atom is -0.322 e. The normalized spacial score (nSPS) is 13.9. The molecule has 0 unspecified atom stereocenters. The van der Waals surface area contributed by atoms with E-state index in [1.807, 2.05) is 60.7 Å². The van der Waals surface area contributed by atoms with Crippen LogP contribution in [0.1, 0.15) is 16.7 Å². The highest BCUT2D eigenvalue weighted by Gasteiger charge is 2.23. The first-order valence-electron chi connectivity index (χ1n) is 9.66. The first-order chi connectivity index (χ1) is 14.3. The Kier molecular flexibility index (Phi) is 4.30. The van der Waals surface area contributed by atoms with Crippen LogP contribution in [0.2, 0.25) is 0 Å². The molecule has 2 nitrogen and oxygen atoms in total. The van der Waals surface area contributed by atoms with Gasteiger partial charge in [-0.2, -0.15) is 0 Å². The van der Waals surface area contributed by atoms with E-state index in [9.17, 15) is 4.79 Å². The van der Waals surface area contributed by atoms with E-state index in [1.54, 1.807) is 0 Å². The maximum Gasteiger partial charge on any atom is 0.256 e. The molecule has 29 heavy (non-hydrogen) atoms. The molecule has 1 N–H and O–H groups in total. The molecule has 1 amide bonds. The molecule has 1 aliphatic rings. The van der Waals surface area contributed by atoms with Crippen molar-refractivity contribution in [2.24, 2.45) is 0 Å². The third kappa shape index (κ3) is 3.37. The van der Waals surface area contributed by atoms with Crippen LogP contribution in [0.3, 0.4) is 0 Å². The molecule has 0 heterocycles. The lowest BCUT2D eigenvalue weighted by Gasteiger charge is -2.07. The molecule has 4 aromatic carbocycles. The summed E-state index contributed by atoms with van der Waals surface area (Å²) in [7, 11) is 0. The van der Waals surface area contributed by atoms with Gasteiger partial charge in [-0.3, -0.25) is 4.79 Å². The van der Waals surface area contributed by atoms with E-state index in [0.29, 0.717) is 5.57 Å². The summed E-state index contributed by atoms with van der Waals surface area (Å²) < 4.78 is 0. The number of benzene rings is 4. The largest absolute Gasteiger partial charge is 0.322 e. The highest BCUT2D eigenvalue weighted by Crippen LogP contribution is 2.37. The van der Waals surface area contributed by atoms with E-state index in [4.69, 9.17) is 0 Å². The van der Waals surface area contributed by atoms with Gasteiger partial charge in [-0.15, -0.1) is 0 Å². The van der Waals surface area contributed by atoms with Crippen molar-refractivity contribution in [2.75, 3.05) is 5.32 Å². The van der Waals surface area contributed by atoms with E-state index >= 15 is 0 Å². The number of carbonyl (C=O) groups is 1. The Hall–Kier alpha value is -3.91. The molecule has 2 heteroatoms. The van der Waals surface area contributed by atoms with Crippen LogP contribution in [0.5, 0.6) is 0 Å². The molecule has 0 radical (unpaired) electrons. The molecular weight excluding hydrogens is 354 g/mol. The summed E-state index contributed by atoms with van der Waals surface area (Å²) in [4.78, 5) is 12.9. The zero-order chi connectivity index (χ0) is 19.6. The smallest absolute Gasteiger partial charge is 0.256 e. The van der Waals surface area contributed by atoms with Crippen LogP contribution in [-0.4, -0.2) is 5.91 Å². The predicted octanol–water partition coefficient (Wildman–Crippen LogP) is 6.42. The van der Waals surface area contributed by atoms with Crippen LogP contribution >= 0.6 is 0 Å². The number of allylic oxidation sites excluding steroid dienone is 2. The minimum absolute atomic E-state index is 0.0921. The maximum absolute atomic E-state index is 12.9. The highest BCUT2D eigenvalue weighted by molar-refractivity contribution is 6.30. The Morgan fingerprint density at radius 3 is 2.21 bits per heavy atom. The van der Waals surface area contributed by atoms with Gasteiger partial charge >= 0.3 is 0 Å². The number of nitrogens with one attached hydrogen (secondary N) is 1. The Balaban J connectivity index is 1.54. The third-order valence-corrected chi connectivity index (χ3v) is 5.20. The van der Waals surface area contributed by atoms with Crippen LogP contribution in [0.25, 0.3) is 28.0 Å². The number of carbonyl (C=O) groups excluding carboxylic acids is 1. The molecule has 0 atom stereocenters. The van der Waals surface area contributed by atoms with E-state index in [2.05, 4.69) is 53.9 Å². The molecule has 0 aromatic heterocycles. The van der Waals surface area contributed by atoms with Gasteiger partial charge in [0.15, 0.2) is 0 Å². The molecule has 0 saturated carbocycles. The lowest BCUT2D eigenvalue weighted by atomic mass is 10.0. The molecule has 138 valence electrons. The minimum atomic E-state index is -0.0921. The zero-order valence-corrected chi connectivity index (χ0v) is 15.8. The maximum atomic E-state index is 12.9. The van der Waals surface area contributed by atoms with Crippen molar-refractivity contribution in [1.82, 2.24) is 0 Å². The van der Waals surface area contributed by atoms with Crippen LogP contribution in [0, 0.1) is 0 Å². The standard InChI is InChI=1S/C27H19NO/c29-27(28-23-10-2-1-3-11-23)26-18-22(24-12-6-7-13-25(24)26)17-19-14-15-20-8-4-5-9-21(20)16-19/h1-18H,(H,28,29)/b22-17+. The lowest BCUT2D eigenvalue weighted by Crippen LogP contribution is -2.12. The SMILES string of the molecule is O=C(Nc1ccccc1)C1=C/C(=C\c2ccc3ccccc3c2)c2ccccc21. The Labute approximate surface area is 169 Å². The molecule has 0 bridgehead atoms. The Bertz CT molecular complexity index is 1280. The summed E-state index contributed by atoms with van der Waals surface area (Å²) >= 11 is 0. The molecular formula is C27H19NO. The second kappa shape index (κ2) is 7.25. The topological polar surface area (TPSA) is 29.1 Å². The van der Waals surface area contributed by atoms with Crippen molar-refractivity contribution < 1.29 is 4.79 Å². The van der Waals surface area contributed by atoms with Crippen molar-refractivity contribution in [3.63, 3.8) is 0 Å². The summed E-state index contributed by atoms with van der Waals surface area (Å²) in [6, 6.07) is 32.4. The van der Waals surface area contributed by atoms with Gasteiger partial charge in [-0.25, -0.2) is 0 Å². The molecule has 0 aliphatic heterocycles. The van der Waals surface area contributed by atoms with Gasteiger partial charge in [0.05, 0.1) is 0 Å². The van der Waals surface area contributed by atoms with Gasteiger partial charge in [0.25, 0.3) is 5.91 Å². The number of anilines is 1. The number of hydrogen-bond donors (Lipinski definition) is 1. The third-order valence-electron chi connectivity index (χ3n) is 5.20. The Morgan fingerprint density at radius 1 is 0.690 bits per heavy atom. The first kappa shape index (κ1) is 17.2. The van der Waals surface area contributed by atoms with Gasteiger partial charge in [-0.1, -0.05) is 78.9 Å². The molecule has 0 fully saturated rings. The molecule has 0 saturated heterocycles. The van der Waals surface area contributed by atoms with Crippen molar-refractivity contribution in [3.05, 3.63) is 120 Å². The van der Waals surface area contributed by atoms with Crippen LogP contribution in [0.4, 0.5) is 5.69 Å². The molecule has 4 aromatic rings. The van der Waals surface area contributed by atoms with Gasteiger partial charge in [0, 0.05) is 11.3 Å². The predicted molar refractivity (Wildman–Crippen MR) is 121 cm³/mol. The number of hydrogen-bond acceptors (Lipinski definition) is 1.